The minimum absolute atomic E-state index is 0.0986. The molecule has 0 aliphatic carbocycles. The second-order valence-electron chi connectivity index (χ2n) is 6.70. The first-order valence-electron chi connectivity index (χ1n) is 8.86. The van der Waals surface area contributed by atoms with Crippen molar-refractivity contribution in [2.45, 2.75) is 13.0 Å². The van der Waals surface area contributed by atoms with Crippen LogP contribution in [-0.4, -0.2) is 45.4 Å². The minimum Gasteiger partial charge on any atom is -0.328 e. The first-order chi connectivity index (χ1) is 13.5. The standard InChI is InChI=1S/C19H18ClN5O3/c1-10-8-13(22-16-15(10)17(26)24-19(28)23-16)18(27)25-7-6-21-9-14(25)11-4-2-3-5-12(11)20/h2-5,8,14,21H,6-7,9H2,1H3,(H2,22,23,24,26,28). The maximum absolute atomic E-state index is 13.3. The van der Waals surface area contributed by atoms with Crippen LogP contribution in [0.1, 0.15) is 27.7 Å². The van der Waals surface area contributed by atoms with Crippen molar-refractivity contribution in [2.75, 3.05) is 19.6 Å². The number of H-pyrrole nitrogens is 2. The van der Waals surface area contributed by atoms with E-state index in [0.29, 0.717) is 30.2 Å². The second kappa shape index (κ2) is 7.21. The Morgan fingerprint density at radius 1 is 1.25 bits per heavy atom. The van der Waals surface area contributed by atoms with Crippen LogP contribution in [0.3, 0.4) is 0 Å². The van der Waals surface area contributed by atoms with E-state index in [0.717, 1.165) is 5.56 Å². The van der Waals surface area contributed by atoms with E-state index in [9.17, 15) is 14.4 Å². The first kappa shape index (κ1) is 18.4. The lowest BCUT2D eigenvalue weighted by atomic mass is 10.0. The molecule has 1 unspecified atom stereocenters. The molecule has 3 N–H and O–H groups in total. The van der Waals surface area contributed by atoms with Crippen LogP contribution in [0.5, 0.6) is 0 Å². The zero-order chi connectivity index (χ0) is 19.8. The normalized spacial score (nSPS) is 17.1. The number of aryl methyl sites for hydroxylation is 1. The lowest BCUT2D eigenvalue weighted by Gasteiger charge is -2.36. The Morgan fingerprint density at radius 3 is 2.82 bits per heavy atom. The van der Waals surface area contributed by atoms with Crippen LogP contribution in [0.2, 0.25) is 5.02 Å². The molecule has 0 saturated carbocycles. The molecule has 3 heterocycles. The Labute approximate surface area is 164 Å². The highest BCUT2D eigenvalue weighted by molar-refractivity contribution is 6.31. The van der Waals surface area contributed by atoms with E-state index in [4.69, 9.17) is 11.6 Å². The van der Waals surface area contributed by atoms with Crippen molar-refractivity contribution in [2.24, 2.45) is 0 Å². The van der Waals surface area contributed by atoms with Crippen molar-refractivity contribution in [1.29, 1.82) is 0 Å². The number of nitrogens with one attached hydrogen (secondary N) is 3. The summed E-state index contributed by atoms with van der Waals surface area (Å²) in [6.45, 7) is 3.41. The Kier molecular flexibility index (Phi) is 4.74. The van der Waals surface area contributed by atoms with E-state index in [1.165, 1.54) is 0 Å². The summed E-state index contributed by atoms with van der Waals surface area (Å²) in [5, 5.41) is 4.14. The number of carbonyl (C=O) groups is 1. The zero-order valence-corrected chi connectivity index (χ0v) is 15.8. The van der Waals surface area contributed by atoms with Gasteiger partial charge in [0.2, 0.25) is 0 Å². The summed E-state index contributed by atoms with van der Waals surface area (Å²) in [5.41, 5.74) is 0.498. The van der Waals surface area contributed by atoms with Gasteiger partial charge in [0, 0.05) is 24.7 Å². The Bertz CT molecular complexity index is 1190. The van der Waals surface area contributed by atoms with Gasteiger partial charge in [-0.1, -0.05) is 29.8 Å². The molecule has 8 nitrogen and oxygen atoms in total. The molecule has 1 aromatic carbocycles. The van der Waals surface area contributed by atoms with E-state index in [1.807, 2.05) is 18.2 Å². The fourth-order valence-electron chi connectivity index (χ4n) is 3.58. The number of hydrogen-bond acceptors (Lipinski definition) is 5. The summed E-state index contributed by atoms with van der Waals surface area (Å²) >= 11 is 6.35. The van der Waals surface area contributed by atoms with Crippen molar-refractivity contribution < 1.29 is 4.79 Å². The molecule has 1 aliphatic heterocycles. The van der Waals surface area contributed by atoms with Crippen molar-refractivity contribution in [3.05, 3.63) is 73.0 Å². The van der Waals surface area contributed by atoms with E-state index < -0.39 is 11.2 Å². The SMILES string of the molecule is Cc1cc(C(=O)N2CCNCC2c2ccccc2Cl)nc2[nH]c(=O)[nH]c(=O)c12. The average Bonchev–Trinajstić information content (AvgIpc) is 2.67. The smallest absolute Gasteiger partial charge is 0.327 e. The van der Waals surface area contributed by atoms with Gasteiger partial charge in [-0.25, -0.2) is 9.78 Å². The zero-order valence-electron chi connectivity index (χ0n) is 15.1. The highest BCUT2D eigenvalue weighted by Crippen LogP contribution is 2.29. The third kappa shape index (κ3) is 3.21. The van der Waals surface area contributed by atoms with E-state index in [-0.39, 0.29) is 28.7 Å². The molecule has 4 rings (SSSR count). The van der Waals surface area contributed by atoms with Crippen LogP contribution >= 0.6 is 11.6 Å². The summed E-state index contributed by atoms with van der Waals surface area (Å²) < 4.78 is 0. The van der Waals surface area contributed by atoms with Gasteiger partial charge in [-0.05, 0) is 30.2 Å². The van der Waals surface area contributed by atoms with Crippen LogP contribution in [0, 0.1) is 6.92 Å². The number of carbonyl (C=O) groups excluding carboxylic acids is 1. The number of fused-ring (bicyclic) bond motifs is 1. The summed E-state index contributed by atoms with van der Waals surface area (Å²) in [7, 11) is 0. The van der Waals surface area contributed by atoms with Gasteiger partial charge in [-0.2, -0.15) is 0 Å². The summed E-state index contributed by atoms with van der Waals surface area (Å²) in [5.74, 6) is -0.280. The molecule has 1 aliphatic rings. The molecule has 0 radical (unpaired) electrons. The molecule has 1 fully saturated rings. The molecular formula is C19H18ClN5O3. The molecule has 0 spiro atoms. The van der Waals surface area contributed by atoms with Crippen molar-refractivity contribution >= 4 is 28.5 Å². The maximum atomic E-state index is 13.3. The molecule has 1 saturated heterocycles. The van der Waals surface area contributed by atoms with Crippen LogP contribution in [0.4, 0.5) is 0 Å². The molecule has 28 heavy (non-hydrogen) atoms. The quantitative estimate of drug-likeness (QED) is 0.602. The molecule has 2 aromatic heterocycles. The van der Waals surface area contributed by atoms with Gasteiger partial charge < -0.3 is 10.2 Å². The number of rotatable bonds is 2. The van der Waals surface area contributed by atoms with Crippen LogP contribution in [-0.2, 0) is 0 Å². The number of amides is 1. The van der Waals surface area contributed by atoms with Crippen LogP contribution < -0.4 is 16.6 Å². The van der Waals surface area contributed by atoms with Crippen molar-refractivity contribution in [3.8, 4) is 0 Å². The number of benzene rings is 1. The third-order valence-electron chi connectivity index (χ3n) is 4.89. The fraction of sp³-hybridized carbons (Fsp3) is 0.263. The summed E-state index contributed by atoms with van der Waals surface area (Å²) in [6, 6.07) is 8.75. The topological polar surface area (TPSA) is 111 Å². The first-order valence-corrected chi connectivity index (χ1v) is 9.23. The Hall–Kier alpha value is -2.97. The van der Waals surface area contributed by atoms with Gasteiger partial charge in [0.1, 0.15) is 11.3 Å². The highest BCUT2D eigenvalue weighted by atomic mass is 35.5. The maximum Gasteiger partial charge on any atom is 0.327 e. The third-order valence-corrected chi connectivity index (χ3v) is 5.23. The predicted octanol–water partition coefficient (Wildman–Crippen LogP) is 1.36. The monoisotopic (exact) mass is 399 g/mol. The van der Waals surface area contributed by atoms with Crippen LogP contribution in [0.15, 0.2) is 39.9 Å². The number of nitrogens with zero attached hydrogens (tertiary/aromatic N) is 2. The van der Waals surface area contributed by atoms with Gasteiger partial charge in [-0.15, -0.1) is 0 Å². The lowest BCUT2D eigenvalue weighted by Crippen LogP contribution is -2.49. The predicted molar refractivity (Wildman–Crippen MR) is 106 cm³/mol. The van der Waals surface area contributed by atoms with Gasteiger partial charge >= 0.3 is 5.69 Å². The van der Waals surface area contributed by atoms with E-state index in [2.05, 4.69) is 20.3 Å². The molecule has 1 atom stereocenters. The molecule has 0 bridgehead atoms. The van der Waals surface area contributed by atoms with Crippen molar-refractivity contribution in [3.63, 3.8) is 0 Å². The second-order valence-corrected chi connectivity index (χ2v) is 7.10. The highest BCUT2D eigenvalue weighted by Gasteiger charge is 2.31. The van der Waals surface area contributed by atoms with Gasteiger partial charge in [0.15, 0.2) is 0 Å². The Morgan fingerprint density at radius 2 is 2.04 bits per heavy atom. The number of pyridine rings is 1. The number of aromatic amines is 2. The molecule has 1 amide bonds. The number of aromatic nitrogens is 3. The molecule has 9 heteroatoms. The molecule has 3 aromatic rings. The number of piperazine rings is 1. The lowest BCUT2D eigenvalue weighted by molar-refractivity contribution is 0.0628. The summed E-state index contributed by atoms with van der Waals surface area (Å²) in [4.78, 5) is 47.6. The molecule has 144 valence electrons. The fourth-order valence-corrected chi connectivity index (χ4v) is 3.84. The number of halogens is 1. The number of hydrogen-bond donors (Lipinski definition) is 3. The molecular weight excluding hydrogens is 382 g/mol. The van der Waals surface area contributed by atoms with Gasteiger partial charge in [0.05, 0.1) is 11.4 Å². The van der Waals surface area contributed by atoms with Crippen LogP contribution in [0.25, 0.3) is 11.0 Å². The Balaban J connectivity index is 1.78. The minimum atomic E-state index is -0.662. The average molecular weight is 400 g/mol. The van der Waals surface area contributed by atoms with E-state index in [1.54, 1.807) is 24.0 Å². The largest absolute Gasteiger partial charge is 0.328 e. The summed E-state index contributed by atoms with van der Waals surface area (Å²) in [6.07, 6.45) is 0. The van der Waals surface area contributed by atoms with E-state index >= 15 is 0 Å². The van der Waals surface area contributed by atoms with Gasteiger partial charge in [-0.3, -0.25) is 19.6 Å². The van der Waals surface area contributed by atoms with Crippen molar-refractivity contribution in [1.82, 2.24) is 25.2 Å². The van der Waals surface area contributed by atoms with Gasteiger partial charge in [0.25, 0.3) is 11.5 Å².